The van der Waals surface area contributed by atoms with Gasteiger partial charge in [-0.15, -0.1) is 0 Å². The molecule has 1 aliphatic rings. The van der Waals surface area contributed by atoms with Crippen LogP contribution in [0.4, 0.5) is 0 Å². The van der Waals surface area contributed by atoms with E-state index in [1.165, 1.54) is 12.0 Å². The molecule has 0 bridgehead atoms. The quantitative estimate of drug-likeness (QED) is 0.912. The van der Waals surface area contributed by atoms with E-state index in [0.29, 0.717) is 12.0 Å². The van der Waals surface area contributed by atoms with Gasteiger partial charge in [0, 0.05) is 22.6 Å². The SMILES string of the molecule is CC(C)NCC1CC1c1ccc(Cl)c2cccnc12. The number of nitrogens with zero attached hydrogens (tertiary/aromatic N) is 1. The average Bonchev–Trinajstić information content (AvgIpc) is 3.17. The Hall–Kier alpha value is -1.12. The topological polar surface area (TPSA) is 24.9 Å². The maximum atomic E-state index is 6.24. The van der Waals surface area contributed by atoms with E-state index in [1.807, 2.05) is 18.3 Å². The van der Waals surface area contributed by atoms with E-state index in [2.05, 4.69) is 36.3 Å². The highest BCUT2D eigenvalue weighted by atomic mass is 35.5. The standard InChI is InChI=1S/C16H19ClN2/c1-10(2)19-9-11-8-14(11)12-5-6-15(17)13-4-3-7-18-16(12)13/h3-7,10-11,14,19H,8-9H2,1-2H3. The van der Waals surface area contributed by atoms with E-state index in [1.54, 1.807) is 0 Å². The summed E-state index contributed by atoms with van der Waals surface area (Å²) in [7, 11) is 0. The summed E-state index contributed by atoms with van der Waals surface area (Å²) in [6.45, 7) is 5.48. The van der Waals surface area contributed by atoms with E-state index in [4.69, 9.17) is 11.6 Å². The van der Waals surface area contributed by atoms with Crippen molar-refractivity contribution in [3.63, 3.8) is 0 Å². The summed E-state index contributed by atoms with van der Waals surface area (Å²) < 4.78 is 0. The summed E-state index contributed by atoms with van der Waals surface area (Å²) in [5.41, 5.74) is 2.43. The zero-order valence-electron chi connectivity index (χ0n) is 11.4. The highest BCUT2D eigenvalue weighted by molar-refractivity contribution is 6.35. The number of hydrogen-bond acceptors (Lipinski definition) is 2. The van der Waals surface area contributed by atoms with Crippen LogP contribution >= 0.6 is 11.6 Å². The van der Waals surface area contributed by atoms with Crippen LogP contribution in [0, 0.1) is 5.92 Å². The van der Waals surface area contributed by atoms with Crippen LogP contribution in [0.2, 0.25) is 5.02 Å². The molecule has 0 amide bonds. The van der Waals surface area contributed by atoms with Crippen molar-refractivity contribution < 1.29 is 0 Å². The summed E-state index contributed by atoms with van der Waals surface area (Å²) in [5.74, 6) is 1.38. The molecule has 19 heavy (non-hydrogen) atoms. The molecule has 3 rings (SSSR count). The van der Waals surface area contributed by atoms with Gasteiger partial charge in [-0.3, -0.25) is 4.98 Å². The first kappa shape index (κ1) is 12.9. The van der Waals surface area contributed by atoms with Gasteiger partial charge in [0.25, 0.3) is 0 Å². The number of nitrogens with one attached hydrogen (secondary N) is 1. The van der Waals surface area contributed by atoms with Crippen LogP contribution in [0.1, 0.15) is 31.7 Å². The van der Waals surface area contributed by atoms with Crippen LogP contribution in [-0.4, -0.2) is 17.6 Å². The molecule has 1 heterocycles. The first-order valence-corrected chi connectivity index (χ1v) is 7.31. The Kier molecular flexibility index (Phi) is 3.46. The van der Waals surface area contributed by atoms with Crippen LogP contribution in [-0.2, 0) is 0 Å². The van der Waals surface area contributed by atoms with Gasteiger partial charge in [0.05, 0.1) is 5.52 Å². The molecular formula is C16H19ClN2. The molecule has 1 fully saturated rings. The summed E-state index contributed by atoms with van der Waals surface area (Å²) in [6, 6.07) is 8.71. The van der Waals surface area contributed by atoms with Crippen molar-refractivity contribution in [1.29, 1.82) is 0 Å². The molecule has 0 radical (unpaired) electrons. The third-order valence-electron chi connectivity index (χ3n) is 3.86. The predicted molar refractivity (Wildman–Crippen MR) is 80.7 cm³/mol. The molecule has 2 atom stereocenters. The van der Waals surface area contributed by atoms with Crippen molar-refractivity contribution in [1.82, 2.24) is 10.3 Å². The second-order valence-electron chi connectivity index (χ2n) is 5.70. The monoisotopic (exact) mass is 274 g/mol. The molecule has 1 N–H and O–H groups in total. The highest BCUT2D eigenvalue weighted by Gasteiger charge is 2.39. The van der Waals surface area contributed by atoms with Crippen molar-refractivity contribution in [3.8, 4) is 0 Å². The molecule has 100 valence electrons. The number of pyridine rings is 1. The molecule has 0 aliphatic heterocycles. The van der Waals surface area contributed by atoms with E-state index >= 15 is 0 Å². The maximum Gasteiger partial charge on any atom is 0.0751 e. The van der Waals surface area contributed by atoms with Crippen molar-refractivity contribution in [2.75, 3.05) is 6.54 Å². The third-order valence-corrected chi connectivity index (χ3v) is 4.19. The molecule has 0 spiro atoms. The normalized spacial score (nSPS) is 22.1. The van der Waals surface area contributed by atoms with Crippen molar-refractivity contribution in [2.24, 2.45) is 5.92 Å². The van der Waals surface area contributed by atoms with Crippen LogP contribution in [0.5, 0.6) is 0 Å². The molecule has 1 aliphatic carbocycles. The lowest BCUT2D eigenvalue weighted by atomic mass is 10.0. The fourth-order valence-electron chi connectivity index (χ4n) is 2.70. The predicted octanol–water partition coefficient (Wildman–Crippen LogP) is 3.99. The fourth-order valence-corrected chi connectivity index (χ4v) is 2.92. The van der Waals surface area contributed by atoms with Crippen LogP contribution in [0.25, 0.3) is 10.9 Å². The van der Waals surface area contributed by atoms with Gasteiger partial charge in [-0.2, -0.15) is 0 Å². The van der Waals surface area contributed by atoms with Gasteiger partial charge in [0.15, 0.2) is 0 Å². The van der Waals surface area contributed by atoms with Gasteiger partial charge in [0.2, 0.25) is 0 Å². The molecule has 3 heteroatoms. The summed E-state index contributed by atoms with van der Waals surface area (Å²) >= 11 is 6.24. The van der Waals surface area contributed by atoms with Gasteiger partial charge in [-0.1, -0.05) is 31.5 Å². The average molecular weight is 275 g/mol. The smallest absolute Gasteiger partial charge is 0.0751 e. The van der Waals surface area contributed by atoms with Gasteiger partial charge in [-0.05, 0) is 48.6 Å². The number of rotatable bonds is 4. The Bertz CT molecular complexity index is 594. The first-order valence-electron chi connectivity index (χ1n) is 6.93. The number of benzene rings is 1. The minimum absolute atomic E-state index is 0.557. The van der Waals surface area contributed by atoms with Crippen LogP contribution < -0.4 is 5.32 Å². The number of halogens is 1. The molecule has 2 unspecified atom stereocenters. The minimum atomic E-state index is 0.557. The van der Waals surface area contributed by atoms with Gasteiger partial charge in [0.1, 0.15) is 0 Å². The Morgan fingerprint density at radius 1 is 1.37 bits per heavy atom. The number of hydrogen-bond donors (Lipinski definition) is 1. The lowest BCUT2D eigenvalue weighted by Crippen LogP contribution is -2.25. The second-order valence-corrected chi connectivity index (χ2v) is 6.11. The Morgan fingerprint density at radius 3 is 3.00 bits per heavy atom. The van der Waals surface area contributed by atoms with Crippen LogP contribution in [0.15, 0.2) is 30.5 Å². The van der Waals surface area contributed by atoms with Gasteiger partial charge in [-0.25, -0.2) is 0 Å². The zero-order chi connectivity index (χ0) is 13.4. The van der Waals surface area contributed by atoms with E-state index < -0.39 is 0 Å². The lowest BCUT2D eigenvalue weighted by molar-refractivity contribution is 0.555. The largest absolute Gasteiger partial charge is 0.314 e. The Morgan fingerprint density at radius 2 is 2.21 bits per heavy atom. The summed E-state index contributed by atoms with van der Waals surface area (Å²) in [5, 5.41) is 5.39. The van der Waals surface area contributed by atoms with Gasteiger partial charge >= 0.3 is 0 Å². The van der Waals surface area contributed by atoms with Crippen LogP contribution in [0.3, 0.4) is 0 Å². The number of fused-ring (bicyclic) bond motifs is 1. The molecule has 1 aromatic carbocycles. The molecule has 1 saturated carbocycles. The summed E-state index contributed by atoms with van der Waals surface area (Å²) in [6.07, 6.45) is 3.11. The molecule has 2 nitrogen and oxygen atoms in total. The molecule has 0 saturated heterocycles. The minimum Gasteiger partial charge on any atom is -0.314 e. The Labute approximate surface area is 119 Å². The third kappa shape index (κ3) is 2.60. The van der Waals surface area contributed by atoms with Crippen molar-refractivity contribution >= 4 is 22.5 Å². The fraction of sp³-hybridized carbons (Fsp3) is 0.438. The van der Waals surface area contributed by atoms with Crippen molar-refractivity contribution in [3.05, 3.63) is 41.0 Å². The van der Waals surface area contributed by atoms with Crippen molar-refractivity contribution in [2.45, 2.75) is 32.2 Å². The molecule has 2 aromatic rings. The van der Waals surface area contributed by atoms with E-state index in [-0.39, 0.29) is 0 Å². The molecule has 1 aromatic heterocycles. The second kappa shape index (κ2) is 5.10. The Balaban J connectivity index is 1.85. The van der Waals surface area contributed by atoms with E-state index in [0.717, 1.165) is 28.4 Å². The van der Waals surface area contributed by atoms with E-state index in [9.17, 15) is 0 Å². The zero-order valence-corrected chi connectivity index (χ0v) is 12.1. The van der Waals surface area contributed by atoms with Gasteiger partial charge < -0.3 is 5.32 Å². The maximum absolute atomic E-state index is 6.24. The highest BCUT2D eigenvalue weighted by Crippen LogP contribution is 2.49. The first-order chi connectivity index (χ1) is 9.16. The number of aromatic nitrogens is 1. The molecular weight excluding hydrogens is 256 g/mol. The lowest BCUT2D eigenvalue weighted by Gasteiger charge is -2.09. The summed E-state index contributed by atoms with van der Waals surface area (Å²) in [4.78, 5) is 4.53.